The Balaban J connectivity index is 4.44. The summed E-state index contributed by atoms with van der Waals surface area (Å²) in [7, 11) is -3.45. The van der Waals surface area contributed by atoms with Gasteiger partial charge in [0.15, 0.2) is 6.10 Å². The van der Waals surface area contributed by atoms with E-state index in [0.717, 1.165) is 38.5 Å². The van der Waals surface area contributed by atoms with E-state index in [1.54, 1.807) is 13.8 Å². The van der Waals surface area contributed by atoms with Gasteiger partial charge in [-0.15, -0.1) is 5.73 Å². The molecule has 0 aromatic heterocycles. The van der Waals surface area contributed by atoms with Gasteiger partial charge in [0, 0.05) is 18.9 Å². The van der Waals surface area contributed by atoms with Crippen molar-refractivity contribution in [2.75, 3.05) is 19.8 Å². The standard InChI is InChI=1S/C41H77O7P/c1-5-9-11-13-15-17-19-21-23-25-27-29-31-35-40(42)45-38-39(34-33-37-49(44,46-7-3)47-8-4)48-41(43)36-32-30-28-26-24-22-20-18-16-14-12-10-6-2/h34,37,39H,5-32,35-36,38H2,1-4H3/t33?,39-/m1/s1. The molecule has 7 nitrogen and oxygen atoms in total. The lowest BCUT2D eigenvalue weighted by molar-refractivity contribution is -0.156. The van der Waals surface area contributed by atoms with Crippen molar-refractivity contribution in [2.45, 2.75) is 214 Å². The van der Waals surface area contributed by atoms with Crippen LogP contribution >= 0.6 is 7.60 Å². The van der Waals surface area contributed by atoms with E-state index in [9.17, 15) is 14.2 Å². The largest absolute Gasteiger partial charge is 0.461 e. The number of ether oxygens (including phenoxy) is 2. The van der Waals surface area contributed by atoms with Crippen LogP contribution in [0.3, 0.4) is 0 Å². The summed E-state index contributed by atoms with van der Waals surface area (Å²) in [5.41, 5.74) is 2.81. The van der Waals surface area contributed by atoms with Gasteiger partial charge in [-0.1, -0.05) is 168 Å². The molecule has 0 radical (unpaired) electrons. The highest BCUT2D eigenvalue weighted by atomic mass is 31.2. The highest BCUT2D eigenvalue weighted by Gasteiger charge is 2.19. The molecule has 0 saturated carbocycles. The molecule has 0 spiro atoms. The van der Waals surface area contributed by atoms with Gasteiger partial charge in [-0.3, -0.25) is 14.2 Å². The molecule has 0 bridgehead atoms. The van der Waals surface area contributed by atoms with E-state index in [2.05, 4.69) is 19.6 Å². The van der Waals surface area contributed by atoms with Gasteiger partial charge in [0.1, 0.15) is 6.61 Å². The van der Waals surface area contributed by atoms with Gasteiger partial charge in [0.25, 0.3) is 0 Å². The van der Waals surface area contributed by atoms with Crippen molar-refractivity contribution < 1.29 is 32.7 Å². The van der Waals surface area contributed by atoms with Crippen LogP contribution in [-0.4, -0.2) is 37.9 Å². The Bertz CT molecular complexity index is 858. The second-order valence-electron chi connectivity index (χ2n) is 13.5. The quantitative estimate of drug-likeness (QED) is 0.0274. The summed E-state index contributed by atoms with van der Waals surface area (Å²) in [6.45, 7) is 8.34. The first kappa shape index (κ1) is 47.6. The van der Waals surface area contributed by atoms with Crippen LogP contribution in [0.15, 0.2) is 17.6 Å². The molecule has 8 heteroatoms. The van der Waals surface area contributed by atoms with Crippen LogP contribution in [0.2, 0.25) is 0 Å². The summed E-state index contributed by atoms with van der Waals surface area (Å²) in [5.74, 6) is 0.603. The van der Waals surface area contributed by atoms with Crippen molar-refractivity contribution >= 4 is 19.5 Å². The molecular weight excluding hydrogens is 635 g/mol. The molecule has 0 fully saturated rings. The van der Waals surface area contributed by atoms with Gasteiger partial charge in [-0.25, -0.2) is 0 Å². The molecule has 288 valence electrons. The fourth-order valence-electron chi connectivity index (χ4n) is 5.88. The second kappa shape index (κ2) is 36.4. The number of carbonyl (C=O) groups is 2. The summed E-state index contributed by atoms with van der Waals surface area (Å²) in [6, 6.07) is 0. The monoisotopic (exact) mass is 713 g/mol. The molecule has 49 heavy (non-hydrogen) atoms. The molecule has 0 aliphatic carbocycles. The van der Waals surface area contributed by atoms with Gasteiger partial charge >= 0.3 is 19.5 Å². The normalized spacial score (nSPS) is 12.0. The molecule has 0 rings (SSSR count). The second-order valence-corrected chi connectivity index (χ2v) is 15.4. The summed E-state index contributed by atoms with van der Waals surface area (Å²) in [4.78, 5) is 25.1. The highest BCUT2D eigenvalue weighted by Crippen LogP contribution is 2.49. The van der Waals surface area contributed by atoms with E-state index in [4.69, 9.17) is 18.5 Å². The zero-order chi connectivity index (χ0) is 36.1. The maximum Gasteiger partial charge on any atom is 0.361 e. The van der Waals surface area contributed by atoms with E-state index in [0.29, 0.717) is 12.8 Å². The Kier molecular flexibility index (Phi) is 35.4. The third-order valence-electron chi connectivity index (χ3n) is 8.79. The molecular formula is C41H77O7P. The van der Waals surface area contributed by atoms with E-state index < -0.39 is 13.7 Å². The molecule has 0 heterocycles. The van der Waals surface area contributed by atoms with Crippen molar-refractivity contribution in [1.82, 2.24) is 0 Å². The molecule has 1 atom stereocenters. The smallest absolute Gasteiger partial charge is 0.361 e. The average Bonchev–Trinajstić information content (AvgIpc) is 3.08. The molecule has 0 amide bonds. The number of rotatable bonds is 37. The first-order valence-electron chi connectivity index (χ1n) is 20.6. The van der Waals surface area contributed by atoms with Crippen molar-refractivity contribution in [3.05, 3.63) is 17.6 Å². The Labute approximate surface area is 302 Å². The Morgan fingerprint density at radius 1 is 0.531 bits per heavy atom. The molecule has 0 N–H and O–H groups in total. The van der Waals surface area contributed by atoms with Gasteiger partial charge in [0.2, 0.25) is 0 Å². The lowest BCUT2D eigenvalue weighted by Gasteiger charge is -2.15. The van der Waals surface area contributed by atoms with Crippen LogP contribution in [0.4, 0.5) is 0 Å². The SMILES string of the molecule is CCCCCCCCCCCCCCCC(=O)OC[C@@H](C=C=CP(=O)(OCC)OCC)OC(=O)CCCCCCCCCCCCCCC. The maximum atomic E-state index is 12.8. The maximum absolute atomic E-state index is 12.8. The third-order valence-corrected chi connectivity index (χ3v) is 10.5. The molecule has 0 saturated heterocycles. The van der Waals surface area contributed by atoms with Crippen molar-refractivity contribution in [3.63, 3.8) is 0 Å². The predicted octanol–water partition coefficient (Wildman–Crippen LogP) is 13.3. The zero-order valence-corrected chi connectivity index (χ0v) is 33.4. The van der Waals surface area contributed by atoms with Gasteiger partial charge in [-0.05, 0) is 26.7 Å². The minimum Gasteiger partial charge on any atom is -0.461 e. The molecule has 0 unspecified atom stereocenters. The predicted molar refractivity (Wildman–Crippen MR) is 205 cm³/mol. The van der Waals surface area contributed by atoms with E-state index in [1.165, 1.54) is 140 Å². The Hall–Kier alpha value is -1.39. The number of hydrogen-bond donors (Lipinski definition) is 0. The molecule has 0 aliphatic rings. The van der Waals surface area contributed by atoms with E-state index in [-0.39, 0.29) is 31.8 Å². The summed E-state index contributed by atoms with van der Waals surface area (Å²) in [5, 5.41) is 0. The fraction of sp³-hybridized carbons (Fsp3) is 0.878. The Morgan fingerprint density at radius 2 is 0.878 bits per heavy atom. The third kappa shape index (κ3) is 33.5. The van der Waals surface area contributed by atoms with Crippen LogP contribution in [0.1, 0.15) is 207 Å². The molecule has 0 aliphatic heterocycles. The number of carbonyl (C=O) groups excluding carboxylic acids is 2. The van der Waals surface area contributed by atoms with Crippen molar-refractivity contribution in [3.8, 4) is 0 Å². The zero-order valence-electron chi connectivity index (χ0n) is 32.5. The number of unbranched alkanes of at least 4 members (excludes halogenated alkanes) is 24. The average molecular weight is 713 g/mol. The van der Waals surface area contributed by atoms with Crippen LogP contribution in [-0.2, 0) is 32.7 Å². The minimum absolute atomic E-state index is 0.101. The van der Waals surface area contributed by atoms with Crippen molar-refractivity contribution in [2.24, 2.45) is 0 Å². The number of hydrogen-bond acceptors (Lipinski definition) is 7. The summed E-state index contributed by atoms with van der Waals surface area (Å²) in [6.07, 6.45) is 33.6. The fourth-order valence-corrected chi connectivity index (χ4v) is 7.09. The highest BCUT2D eigenvalue weighted by molar-refractivity contribution is 7.57. The van der Waals surface area contributed by atoms with Gasteiger partial charge in [-0.2, -0.15) is 0 Å². The van der Waals surface area contributed by atoms with Crippen LogP contribution in [0.25, 0.3) is 0 Å². The lowest BCUT2D eigenvalue weighted by atomic mass is 10.0. The van der Waals surface area contributed by atoms with Gasteiger partial charge < -0.3 is 18.5 Å². The van der Waals surface area contributed by atoms with E-state index in [1.807, 2.05) is 0 Å². The minimum atomic E-state index is -3.45. The van der Waals surface area contributed by atoms with Crippen LogP contribution in [0.5, 0.6) is 0 Å². The topological polar surface area (TPSA) is 88.1 Å². The Morgan fingerprint density at radius 3 is 1.24 bits per heavy atom. The molecule has 0 aromatic rings. The van der Waals surface area contributed by atoms with Crippen LogP contribution in [0, 0.1) is 0 Å². The van der Waals surface area contributed by atoms with Gasteiger partial charge in [0.05, 0.1) is 19.0 Å². The summed E-state index contributed by atoms with van der Waals surface area (Å²) < 4.78 is 34.4. The van der Waals surface area contributed by atoms with Crippen molar-refractivity contribution in [1.29, 1.82) is 0 Å². The summed E-state index contributed by atoms with van der Waals surface area (Å²) >= 11 is 0. The lowest BCUT2D eigenvalue weighted by Crippen LogP contribution is -2.23. The molecule has 0 aromatic carbocycles. The van der Waals surface area contributed by atoms with Crippen LogP contribution < -0.4 is 0 Å². The first-order valence-corrected chi connectivity index (χ1v) is 22.2. The number of esters is 2. The first-order chi connectivity index (χ1) is 23.9. The van der Waals surface area contributed by atoms with E-state index >= 15 is 0 Å².